The van der Waals surface area contributed by atoms with Crippen molar-refractivity contribution in [2.45, 2.75) is 13.0 Å². The fourth-order valence-corrected chi connectivity index (χ4v) is 1.82. The molecule has 0 saturated heterocycles. The SMILES string of the molecule is CC(=O)c1ccc(OC[C@H](O)COc2ccccc2)cc1F. The third kappa shape index (κ3) is 4.56. The van der Waals surface area contributed by atoms with E-state index in [2.05, 4.69) is 0 Å². The Kier molecular flexibility index (Phi) is 5.49. The van der Waals surface area contributed by atoms with Crippen molar-refractivity contribution < 1.29 is 23.8 Å². The van der Waals surface area contributed by atoms with E-state index in [-0.39, 0.29) is 30.3 Å². The fraction of sp³-hybridized carbons (Fsp3) is 0.235. The van der Waals surface area contributed by atoms with E-state index in [0.29, 0.717) is 5.75 Å². The molecule has 0 amide bonds. The topological polar surface area (TPSA) is 55.8 Å². The van der Waals surface area contributed by atoms with Gasteiger partial charge < -0.3 is 14.6 Å². The monoisotopic (exact) mass is 304 g/mol. The Hall–Kier alpha value is -2.40. The minimum Gasteiger partial charge on any atom is -0.491 e. The van der Waals surface area contributed by atoms with Crippen molar-refractivity contribution in [3.63, 3.8) is 0 Å². The number of carbonyl (C=O) groups excluding carboxylic acids is 1. The predicted molar refractivity (Wildman–Crippen MR) is 79.8 cm³/mol. The summed E-state index contributed by atoms with van der Waals surface area (Å²) in [6.07, 6.45) is -0.851. The molecule has 4 nitrogen and oxygen atoms in total. The fourth-order valence-electron chi connectivity index (χ4n) is 1.82. The Labute approximate surface area is 128 Å². The summed E-state index contributed by atoms with van der Waals surface area (Å²) >= 11 is 0. The number of carbonyl (C=O) groups is 1. The number of benzene rings is 2. The van der Waals surface area contributed by atoms with Crippen molar-refractivity contribution in [2.75, 3.05) is 13.2 Å². The van der Waals surface area contributed by atoms with E-state index in [9.17, 15) is 14.3 Å². The third-order valence-electron chi connectivity index (χ3n) is 2.95. The van der Waals surface area contributed by atoms with Crippen LogP contribution >= 0.6 is 0 Å². The van der Waals surface area contributed by atoms with Gasteiger partial charge in [0.15, 0.2) is 5.78 Å². The van der Waals surface area contributed by atoms with Crippen molar-refractivity contribution in [1.82, 2.24) is 0 Å². The summed E-state index contributed by atoms with van der Waals surface area (Å²) in [5, 5.41) is 9.79. The van der Waals surface area contributed by atoms with E-state index in [1.165, 1.54) is 19.1 Å². The molecule has 5 heteroatoms. The van der Waals surface area contributed by atoms with Gasteiger partial charge in [-0.2, -0.15) is 0 Å². The summed E-state index contributed by atoms with van der Waals surface area (Å²) in [5.74, 6) is -0.0833. The summed E-state index contributed by atoms with van der Waals surface area (Å²) in [6.45, 7) is 1.33. The van der Waals surface area contributed by atoms with Crippen LogP contribution in [0.5, 0.6) is 11.5 Å². The number of halogens is 1. The van der Waals surface area contributed by atoms with Crippen molar-refractivity contribution in [3.05, 3.63) is 59.9 Å². The van der Waals surface area contributed by atoms with Gasteiger partial charge in [0, 0.05) is 6.07 Å². The van der Waals surface area contributed by atoms with Crippen LogP contribution in [0.1, 0.15) is 17.3 Å². The number of ether oxygens (including phenoxy) is 2. The number of rotatable bonds is 7. The Morgan fingerprint density at radius 1 is 1.09 bits per heavy atom. The highest BCUT2D eigenvalue weighted by atomic mass is 19.1. The highest BCUT2D eigenvalue weighted by molar-refractivity contribution is 5.94. The molecule has 0 aliphatic heterocycles. The Morgan fingerprint density at radius 3 is 2.32 bits per heavy atom. The van der Waals surface area contributed by atoms with Gasteiger partial charge in [0.25, 0.3) is 0 Å². The molecule has 0 radical (unpaired) electrons. The standard InChI is InChI=1S/C17H17FO4/c1-12(19)16-8-7-15(9-17(16)18)22-11-13(20)10-21-14-5-3-2-4-6-14/h2-9,13,20H,10-11H2,1H3/t13-/m1/s1. The number of ketones is 1. The average Bonchev–Trinajstić information content (AvgIpc) is 2.51. The van der Waals surface area contributed by atoms with Gasteiger partial charge in [0.1, 0.15) is 36.6 Å². The minimum absolute atomic E-state index is 0.0142. The zero-order valence-electron chi connectivity index (χ0n) is 12.2. The maximum Gasteiger partial charge on any atom is 0.162 e. The molecule has 0 heterocycles. The Morgan fingerprint density at radius 2 is 1.73 bits per heavy atom. The molecule has 0 aliphatic rings. The second kappa shape index (κ2) is 7.56. The molecule has 0 aliphatic carbocycles. The maximum absolute atomic E-state index is 13.6. The number of aliphatic hydroxyl groups is 1. The van der Waals surface area contributed by atoms with Crippen LogP contribution in [0.3, 0.4) is 0 Å². The second-order valence-corrected chi connectivity index (χ2v) is 4.79. The molecule has 116 valence electrons. The largest absolute Gasteiger partial charge is 0.491 e. The highest BCUT2D eigenvalue weighted by Crippen LogP contribution is 2.17. The summed E-state index contributed by atoms with van der Waals surface area (Å²) in [4.78, 5) is 11.1. The van der Waals surface area contributed by atoms with Crippen LogP contribution in [-0.4, -0.2) is 30.2 Å². The van der Waals surface area contributed by atoms with Crippen LogP contribution in [-0.2, 0) is 0 Å². The van der Waals surface area contributed by atoms with Gasteiger partial charge in [0.2, 0.25) is 0 Å². The van der Waals surface area contributed by atoms with Crippen LogP contribution in [0.25, 0.3) is 0 Å². The quantitative estimate of drug-likeness (QED) is 0.799. The van der Waals surface area contributed by atoms with E-state index in [1.807, 2.05) is 18.2 Å². The minimum atomic E-state index is -0.851. The van der Waals surface area contributed by atoms with Gasteiger partial charge in [-0.05, 0) is 31.2 Å². The lowest BCUT2D eigenvalue weighted by molar-refractivity contribution is 0.0625. The lowest BCUT2D eigenvalue weighted by Crippen LogP contribution is -2.25. The van der Waals surface area contributed by atoms with Crippen LogP contribution in [0, 0.1) is 5.82 Å². The zero-order chi connectivity index (χ0) is 15.9. The highest BCUT2D eigenvalue weighted by Gasteiger charge is 2.10. The van der Waals surface area contributed by atoms with E-state index >= 15 is 0 Å². The lowest BCUT2D eigenvalue weighted by atomic mass is 10.1. The number of hydrogen-bond donors (Lipinski definition) is 1. The van der Waals surface area contributed by atoms with Crippen LogP contribution in [0.2, 0.25) is 0 Å². The van der Waals surface area contributed by atoms with E-state index in [1.54, 1.807) is 12.1 Å². The van der Waals surface area contributed by atoms with Gasteiger partial charge in [-0.15, -0.1) is 0 Å². The molecule has 22 heavy (non-hydrogen) atoms. The first-order chi connectivity index (χ1) is 10.6. The normalized spacial score (nSPS) is 11.8. The lowest BCUT2D eigenvalue weighted by Gasteiger charge is -2.14. The molecule has 0 unspecified atom stereocenters. The molecule has 0 spiro atoms. The molecule has 2 aromatic rings. The van der Waals surface area contributed by atoms with Gasteiger partial charge in [-0.25, -0.2) is 4.39 Å². The molecular weight excluding hydrogens is 287 g/mol. The first-order valence-electron chi connectivity index (χ1n) is 6.85. The van der Waals surface area contributed by atoms with Gasteiger partial charge >= 0.3 is 0 Å². The molecule has 0 saturated carbocycles. The van der Waals surface area contributed by atoms with Gasteiger partial charge in [-0.3, -0.25) is 4.79 Å². The maximum atomic E-state index is 13.6. The van der Waals surface area contributed by atoms with Crippen molar-refractivity contribution in [3.8, 4) is 11.5 Å². The van der Waals surface area contributed by atoms with Crippen molar-refractivity contribution in [2.24, 2.45) is 0 Å². The first kappa shape index (κ1) is 16.0. The number of aliphatic hydroxyl groups excluding tert-OH is 1. The summed E-state index contributed by atoms with van der Waals surface area (Å²) in [7, 11) is 0. The summed E-state index contributed by atoms with van der Waals surface area (Å²) < 4.78 is 24.3. The average molecular weight is 304 g/mol. The van der Waals surface area contributed by atoms with E-state index in [4.69, 9.17) is 9.47 Å². The van der Waals surface area contributed by atoms with Crippen LogP contribution in [0.4, 0.5) is 4.39 Å². The zero-order valence-corrected chi connectivity index (χ0v) is 12.2. The molecule has 2 aromatic carbocycles. The van der Waals surface area contributed by atoms with Crippen molar-refractivity contribution in [1.29, 1.82) is 0 Å². The molecule has 1 atom stereocenters. The Balaban J connectivity index is 1.82. The molecule has 2 rings (SSSR count). The summed E-state index contributed by atoms with van der Waals surface area (Å²) in [5.41, 5.74) is 0.0142. The summed E-state index contributed by atoms with van der Waals surface area (Å²) in [6, 6.07) is 13.1. The predicted octanol–water partition coefficient (Wildman–Crippen LogP) is 2.85. The molecule has 0 fully saturated rings. The van der Waals surface area contributed by atoms with E-state index < -0.39 is 11.9 Å². The van der Waals surface area contributed by atoms with Crippen LogP contribution in [0.15, 0.2) is 48.5 Å². The van der Waals surface area contributed by atoms with Gasteiger partial charge in [-0.1, -0.05) is 18.2 Å². The first-order valence-corrected chi connectivity index (χ1v) is 6.85. The number of para-hydroxylation sites is 1. The number of Topliss-reactive ketones (excluding diaryl/α,β-unsaturated/α-hetero) is 1. The number of hydrogen-bond acceptors (Lipinski definition) is 4. The van der Waals surface area contributed by atoms with Gasteiger partial charge in [0.05, 0.1) is 5.56 Å². The Bertz CT molecular complexity index is 628. The second-order valence-electron chi connectivity index (χ2n) is 4.79. The van der Waals surface area contributed by atoms with E-state index in [0.717, 1.165) is 6.07 Å². The molecule has 0 bridgehead atoms. The smallest absolute Gasteiger partial charge is 0.162 e. The molecular formula is C17H17FO4. The molecule has 1 N–H and O–H groups in total. The van der Waals surface area contributed by atoms with Crippen LogP contribution < -0.4 is 9.47 Å². The molecule has 0 aromatic heterocycles. The van der Waals surface area contributed by atoms with Crippen molar-refractivity contribution >= 4 is 5.78 Å². The third-order valence-corrected chi connectivity index (χ3v) is 2.95.